The van der Waals surface area contributed by atoms with E-state index >= 15 is 0 Å². The fourth-order valence-corrected chi connectivity index (χ4v) is 3.78. The molecule has 18 heavy (non-hydrogen) atoms. The van der Waals surface area contributed by atoms with Crippen LogP contribution in [0.15, 0.2) is 0 Å². The molecule has 2 aliphatic carbocycles. The Labute approximate surface area is 110 Å². The topological polar surface area (TPSA) is 49.3 Å². The predicted molar refractivity (Wildman–Crippen MR) is 72.5 cm³/mol. The van der Waals surface area contributed by atoms with Crippen LogP contribution in [0.25, 0.3) is 0 Å². The average Bonchev–Trinajstić information content (AvgIpc) is 2.33. The van der Waals surface area contributed by atoms with Crippen molar-refractivity contribution in [2.75, 3.05) is 0 Å². The second kappa shape index (κ2) is 6.05. The first kappa shape index (κ1) is 13.9. The molecule has 0 radical (unpaired) electrons. The number of rotatable bonds is 3. The highest BCUT2D eigenvalue weighted by Gasteiger charge is 2.31. The minimum absolute atomic E-state index is 0.117. The van der Waals surface area contributed by atoms with Gasteiger partial charge in [0.25, 0.3) is 0 Å². The molecule has 0 aromatic carbocycles. The van der Waals surface area contributed by atoms with Crippen molar-refractivity contribution < 1.29 is 9.90 Å². The van der Waals surface area contributed by atoms with Gasteiger partial charge in [-0.3, -0.25) is 4.79 Å². The van der Waals surface area contributed by atoms with Gasteiger partial charge in [0.2, 0.25) is 0 Å². The van der Waals surface area contributed by atoms with Gasteiger partial charge in [0.15, 0.2) is 0 Å². The van der Waals surface area contributed by atoms with E-state index in [1.165, 1.54) is 19.3 Å². The molecule has 104 valence electrons. The zero-order chi connectivity index (χ0) is 13.1. The highest BCUT2D eigenvalue weighted by atomic mass is 16.4. The molecule has 0 aliphatic heterocycles. The average molecular weight is 253 g/mol. The second-order valence-corrected chi connectivity index (χ2v) is 6.57. The summed E-state index contributed by atoms with van der Waals surface area (Å²) in [5.74, 6) is 0.871. The van der Waals surface area contributed by atoms with E-state index in [2.05, 4.69) is 19.2 Å². The van der Waals surface area contributed by atoms with Crippen LogP contribution in [0.2, 0.25) is 0 Å². The summed E-state index contributed by atoms with van der Waals surface area (Å²) in [6.07, 6.45) is 7.80. The lowest BCUT2D eigenvalue weighted by Crippen LogP contribution is -2.47. The minimum Gasteiger partial charge on any atom is -0.481 e. The quantitative estimate of drug-likeness (QED) is 0.812. The SMILES string of the molecule is CC1CCC(NC2CCCC(C(=O)O)C2)C(C)C1. The largest absolute Gasteiger partial charge is 0.481 e. The van der Waals surface area contributed by atoms with Crippen LogP contribution < -0.4 is 5.32 Å². The number of carbonyl (C=O) groups is 1. The van der Waals surface area contributed by atoms with Crippen molar-refractivity contribution in [3.05, 3.63) is 0 Å². The Bertz CT molecular complexity index is 292. The van der Waals surface area contributed by atoms with Gasteiger partial charge >= 0.3 is 5.97 Å². The van der Waals surface area contributed by atoms with Crippen LogP contribution in [0.1, 0.15) is 58.8 Å². The number of nitrogens with one attached hydrogen (secondary N) is 1. The van der Waals surface area contributed by atoms with Crippen molar-refractivity contribution in [3.8, 4) is 0 Å². The second-order valence-electron chi connectivity index (χ2n) is 6.57. The third-order valence-corrected chi connectivity index (χ3v) is 4.90. The molecule has 2 N–H and O–H groups in total. The maximum Gasteiger partial charge on any atom is 0.306 e. The monoisotopic (exact) mass is 253 g/mol. The van der Waals surface area contributed by atoms with E-state index in [4.69, 9.17) is 5.11 Å². The van der Waals surface area contributed by atoms with E-state index in [9.17, 15) is 4.79 Å². The number of hydrogen-bond acceptors (Lipinski definition) is 2. The van der Waals surface area contributed by atoms with Gasteiger partial charge in [-0.1, -0.05) is 20.3 Å². The predicted octanol–water partition coefficient (Wildman–Crippen LogP) is 3.04. The van der Waals surface area contributed by atoms with Crippen LogP contribution in [0.4, 0.5) is 0 Å². The van der Waals surface area contributed by atoms with Gasteiger partial charge in [-0.05, 0) is 50.4 Å². The zero-order valence-electron chi connectivity index (χ0n) is 11.7. The molecule has 0 aromatic rings. The summed E-state index contributed by atoms with van der Waals surface area (Å²) in [7, 11) is 0. The molecule has 3 nitrogen and oxygen atoms in total. The fraction of sp³-hybridized carbons (Fsp3) is 0.933. The summed E-state index contributed by atoms with van der Waals surface area (Å²) in [6.45, 7) is 4.68. The van der Waals surface area contributed by atoms with Crippen molar-refractivity contribution in [2.45, 2.75) is 70.9 Å². The maximum atomic E-state index is 11.1. The lowest BCUT2D eigenvalue weighted by molar-refractivity contribution is -0.143. The summed E-state index contributed by atoms with van der Waals surface area (Å²) < 4.78 is 0. The maximum absolute atomic E-state index is 11.1. The van der Waals surface area contributed by atoms with Gasteiger partial charge in [0.1, 0.15) is 0 Å². The molecule has 5 unspecified atom stereocenters. The fourth-order valence-electron chi connectivity index (χ4n) is 3.78. The first-order valence-electron chi connectivity index (χ1n) is 7.55. The molecule has 3 heteroatoms. The first-order chi connectivity index (χ1) is 8.56. The van der Waals surface area contributed by atoms with Crippen LogP contribution in [-0.2, 0) is 4.79 Å². The van der Waals surface area contributed by atoms with Gasteiger partial charge < -0.3 is 10.4 Å². The summed E-state index contributed by atoms with van der Waals surface area (Å²) in [5, 5.41) is 12.9. The van der Waals surface area contributed by atoms with Gasteiger partial charge in [-0.2, -0.15) is 0 Å². The number of hydrogen-bond donors (Lipinski definition) is 2. The first-order valence-corrected chi connectivity index (χ1v) is 7.55. The van der Waals surface area contributed by atoms with Gasteiger partial charge in [-0.15, -0.1) is 0 Å². The minimum atomic E-state index is -0.605. The summed E-state index contributed by atoms with van der Waals surface area (Å²) in [6, 6.07) is 1.04. The van der Waals surface area contributed by atoms with Crippen LogP contribution in [0, 0.1) is 17.8 Å². The standard InChI is InChI=1S/C15H27NO2/c1-10-6-7-14(11(2)8-10)16-13-5-3-4-12(9-13)15(17)18/h10-14,16H,3-9H2,1-2H3,(H,17,18). The van der Waals surface area contributed by atoms with Crippen LogP contribution >= 0.6 is 0 Å². The Balaban J connectivity index is 1.83. The molecular formula is C15H27NO2. The normalized spacial score (nSPS) is 41.6. The Hall–Kier alpha value is -0.570. The molecule has 2 saturated carbocycles. The molecule has 0 aromatic heterocycles. The van der Waals surface area contributed by atoms with E-state index in [-0.39, 0.29) is 5.92 Å². The molecular weight excluding hydrogens is 226 g/mol. The number of aliphatic carboxylic acids is 1. The molecule has 2 rings (SSSR count). The van der Waals surface area contributed by atoms with Crippen LogP contribution in [-0.4, -0.2) is 23.2 Å². The van der Waals surface area contributed by atoms with E-state index < -0.39 is 5.97 Å². The van der Waals surface area contributed by atoms with E-state index in [1.54, 1.807) is 0 Å². The highest BCUT2D eigenvalue weighted by Crippen LogP contribution is 2.31. The Morgan fingerprint density at radius 3 is 2.56 bits per heavy atom. The molecule has 0 saturated heterocycles. The molecule has 5 atom stereocenters. The van der Waals surface area contributed by atoms with Gasteiger partial charge in [-0.25, -0.2) is 0 Å². The summed E-state index contributed by atoms with van der Waals surface area (Å²) in [5.41, 5.74) is 0. The Kier molecular flexibility index (Phi) is 4.66. The van der Waals surface area contributed by atoms with Gasteiger partial charge in [0, 0.05) is 12.1 Å². The van der Waals surface area contributed by atoms with Crippen molar-refractivity contribution >= 4 is 5.97 Å². The lowest BCUT2D eigenvalue weighted by Gasteiger charge is -2.38. The van der Waals surface area contributed by atoms with E-state index in [0.717, 1.165) is 37.5 Å². The van der Waals surface area contributed by atoms with Crippen molar-refractivity contribution in [1.82, 2.24) is 5.32 Å². The zero-order valence-corrected chi connectivity index (χ0v) is 11.7. The van der Waals surface area contributed by atoms with Crippen LogP contribution in [0.3, 0.4) is 0 Å². The molecule has 2 fully saturated rings. The molecule has 0 amide bonds. The third-order valence-electron chi connectivity index (χ3n) is 4.90. The number of carboxylic acid groups (broad SMARTS) is 1. The lowest BCUT2D eigenvalue weighted by atomic mass is 9.78. The Morgan fingerprint density at radius 2 is 1.89 bits per heavy atom. The summed E-state index contributed by atoms with van der Waals surface area (Å²) >= 11 is 0. The molecule has 0 heterocycles. The Morgan fingerprint density at radius 1 is 1.11 bits per heavy atom. The van der Waals surface area contributed by atoms with Crippen molar-refractivity contribution in [2.24, 2.45) is 17.8 Å². The molecule has 0 spiro atoms. The van der Waals surface area contributed by atoms with E-state index in [0.29, 0.717) is 12.1 Å². The van der Waals surface area contributed by atoms with Crippen molar-refractivity contribution in [3.63, 3.8) is 0 Å². The summed E-state index contributed by atoms with van der Waals surface area (Å²) in [4.78, 5) is 11.1. The van der Waals surface area contributed by atoms with E-state index in [1.807, 2.05) is 0 Å². The van der Waals surface area contributed by atoms with Crippen molar-refractivity contribution in [1.29, 1.82) is 0 Å². The smallest absolute Gasteiger partial charge is 0.306 e. The van der Waals surface area contributed by atoms with Gasteiger partial charge in [0.05, 0.1) is 5.92 Å². The van der Waals surface area contributed by atoms with Crippen LogP contribution in [0.5, 0.6) is 0 Å². The number of carboxylic acids is 1. The highest BCUT2D eigenvalue weighted by molar-refractivity contribution is 5.70. The molecule has 0 bridgehead atoms. The molecule has 2 aliphatic rings. The third kappa shape index (κ3) is 3.47.